The van der Waals surface area contributed by atoms with Crippen molar-refractivity contribution in [3.05, 3.63) is 69.7 Å². The molecule has 3 N–H and O–H groups in total. The molecule has 6 nitrogen and oxygen atoms in total. The summed E-state index contributed by atoms with van der Waals surface area (Å²) < 4.78 is 5.76. The molecule has 0 unspecified atom stereocenters. The first-order chi connectivity index (χ1) is 13.3. The summed E-state index contributed by atoms with van der Waals surface area (Å²) in [6, 6.07) is 12.9. The van der Waals surface area contributed by atoms with Crippen molar-refractivity contribution < 1.29 is 24.5 Å². The summed E-state index contributed by atoms with van der Waals surface area (Å²) in [6.07, 6.45) is 0. The fraction of sp³-hybridized carbons (Fsp3) is 0. The lowest BCUT2D eigenvalue weighted by Crippen LogP contribution is -2.11. The molecule has 3 aromatic carbocycles. The summed E-state index contributed by atoms with van der Waals surface area (Å²) in [7, 11) is 0. The van der Waals surface area contributed by atoms with Gasteiger partial charge in [-0.1, -0.05) is 35.3 Å². The fourth-order valence-corrected chi connectivity index (χ4v) is 3.24. The van der Waals surface area contributed by atoms with Gasteiger partial charge in [0.25, 0.3) is 0 Å². The van der Waals surface area contributed by atoms with Gasteiger partial charge in [0.05, 0.1) is 32.5 Å². The molecule has 0 fully saturated rings. The van der Waals surface area contributed by atoms with Crippen LogP contribution in [-0.2, 0) is 0 Å². The van der Waals surface area contributed by atoms with Crippen molar-refractivity contribution >= 4 is 46.5 Å². The molecule has 0 amide bonds. The van der Waals surface area contributed by atoms with Gasteiger partial charge >= 0.3 is 11.9 Å². The van der Waals surface area contributed by atoms with Crippen molar-refractivity contribution in [3.63, 3.8) is 0 Å². The first kappa shape index (κ1) is 18.2. The van der Waals surface area contributed by atoms with Gasteiger partial charge < -0.3 is 20.3 Å². The van der Waals surface area contributed by atoms with E-state index in [1.54, 1.807) is 24.3 Å². The third-order valence-corrected chi connectivity index (χ3v) is 5.03. The van der Waals surface area contributed by atoms with Crippen molar-refractivity contribution in [2.75, 3.05) is 5.32 Å². The Morgan fingerprint density at radius 1 is 0.821 bits per heavy atom. The maximum atomic E-state index is 11.6. The topological polar surface area (TPSA) is 95.9 Å². The van der Waals surface area contributed by atoms with Crippen LogP contribution in [0.15, 0.2) is 48.5 Å². The van der Waals surface area contributed by atoms with Gasteiger partial charge in [-0.25, -0.2) is 9.59 Å². The van der Waals surface area contributed by atoms with Crippen molar-refractivity contribution in [3.8, 4) is 22.6 Å². The second-order valence-corrected chi connectivity index (χ2v) is 6.89. The summed E-state index contributed by atoms with van der Waals surface area (Å²) in [5, 5.41) is 22.6. The van der Waals surface area contributed by atoms with Crippen LogP contribution in [-0.4, -0.2) is 22.2 Å². The van der Waals surface area contributed by atoms with E-state index in [4.69, 9.17) is 27.9 Å². The van der Waals surface area contributed by atoms with E-state index < -0.39 is 11.9 Å². The van der Waals surface area contributed by atoms with Gasteiger partial charge in [0.1, 0.15) is 0 Å². The Hall–Kier alpha value is -3.22. The monoisotopic (exact) mass is 415 g/mol. The number of carboxylic acid groups (broad SMARTS) is 2. The molecule has 0 saturated heterocycles. The molecule has 28 heavy (non-hydrogen) atoms. The average Bonchev–Trinajstić information content (AvgIpc) is 2.67. The highest BCUT2D eigenvalue weighted by Gasteiger charge is 2.25. The highest BCUT2D eigenvalue weighted by molar-refractivity contribution is 6.42. The molecule has 1 aliphatic heterocycles. The fourth-order valence-electron chi connectivity index (χ4n) is 2.94. The molecule has 140 valence electrons. The smallest absolute Gasteiger partial charge is 0.337 e. The minimum Gasteiger partial charge on any atom is -0.478 e. The first-order valence-electron chi connectivity index (χ1n) is 8.02. The quantitative estimate of drug-likeness (QED) is 0.385. The Balaban J connectivity index is 1.79. The third kappa shape index (κ3) is 3.13. The van der Waals surface area contributed by atoms with Crippen molar-refractivity contribution in [1.82, 2.24) is 0 Å². The standard InChI is InChI=1S/C20H11Cl2NO5/c21-13-3-1-9(6-14(13)22)10-2-4-16-15(7-10)23-18-12(20(26)27)5-11(19(24)25)8-17(18)28-16/h1-8,23H,(H,24,25)(H,26,27). The Morgan fingerprint density at radius 2 is 1.54 bits per heavy atom. The van der Waals surface area contributed by atoms with Crippen LogP contribution in [0.5, 0.6) is 11.5 Å². The van der Waals surface area contributed by atoms with E-state index in [0.29, 0.717) is 21.5 Å². The number of rotatable bonds is 3. The maximum Gasteiger partial charge on any atom is 0.337 e. The average molecular weight is 416 g/mol. The Bertz CT molecular complexity index is 1160. The lowest BCUT2D eigenvalue weighted by Gasteiger charge is -2.24. The van der Waals surface area contributed by atoms with E-state index in [1.807, 2.05) is 12.1 Å². The number of hydrogen-bond donors (Lipinski definition) is 3. The molecule has 0 saturated carbocycles. The van der Waals surface area contributed by atoms with Crippen LogP contribution in [0.3, 0.4) is 0 Å². The lowest BCUT2D eigenvalue weighted by molar-refractivity contribution is 0.0696. The summed E-state index contributed by atoms with van der Waals surface area (Å²) >= 11 is 12.0. The molecule has 1 heterocycles. The van der Waals surface area contributed by atoms with Gasteiger partial charge in [0.15, 0.2) is 11.5 Å². The number of benzene rings is 3. The largest absolute Gasteiger partial charge is 0.478 e. The summed E-state index contributed by atoms with van der Waals surface area (Å²) in [5.74, 6) is -1.93. The van der Waals surface area contributed by atoms with E-state index in [1.165, 1.54) is 6.07 Å². The van der Waals surface area contributed by atoms with Crippen LogP contribution in [0.25, 0.3) is 11.1 Å². The van der Waals surface area contributed by atoms with Crippen molar-refractivity contribution in [2.24, 2.45) is 0 Å². The first-order valence-corrected chi connectivity index (χ1v) is 8.78. The number of halogens is 2. The Morgan fingerprint density at radius 3 is 2.21 bits per heavy atom. The number of anilines is 2. The third-order valence-electron chi connectivity index (χ3n) is 4.29. The molecule has 4 rings (SSSR count). The second-order valence-electron chi connectivity index (χ2n) is 6.07. The van der Waals surface area contributed by atoms with Gasteiger partial charge in [-0.3, -0.25) is 0 Å². The van der Waals surface area contributed by atoms with E-state index in [2.05, 4.69) is 5.32 Å². The number of carbonyl (C=O) groups is 2. The number of ether oxygens (including phenoxy) is 1. The molecule has 0 spiro atoms. The zero-order valence-electron chi connectivity index (χ0n) is 14.0. The predicted octanol–water partition coefficient (Wildman–Crippen LogP) is 5.91. The maximum absolute atomic E-state index is 11.6. The van der Waals surface area contributed by atoms with Gasteiger partial charge in [-0.2, -0.15) is 0 Å². The zero-order chi connectivity index (χ0) is 20.0. The van der Waals surface area contributed by atoms with Gasteiger partial charge in [0.2, 0.25) is 0 Å². The highest BCUT2D eigenvalue weighted by Crippen LogP contribution is 2.45. The molecular formula is C20H11Cl2NO5. The molecule has 1 aliphatic rings. The van der Waals surface area contributed by atoms with E-state index in [0.717, 1.165) is 17.2 Å². The van der Waals surface area contributed by atoms with Crippen LogP contribution in [0.2, 0.25) is 10.0 Å². The van der Waals surface area contributed by atoms with Gasteiger partial charge in [-0.15, -0.1) is 0 Å². The molecule has 0 aromatic heterocycles. The molecule has 0 aliphatic carbocycles. The molecule has 0 radical (unpaired) electrons. The summed E-state index contributed by atoms with van der Waals surface area (Å²) in [6.45, 7) is 0. The number of hydrogen-bond acceptors (Lipinski definition) is 4. The van der Waals surface area contributed by atoms with Crippen LogP contribution < -0.4 is 10.1 Å². The second kappa shape index (κ2) is 6.74. The van der Waals surface area contributed by atoms with Gasteiger partial charge in [-0.05, 0) is 47.5 Å². The number of aromatic carboxylic acids is 2. The van der Waals surface area contributed by atoms with Gasteiger partial charge in [0, 0.05) is 0 Å². The number of nitrogens with one attached hydrogen (secondary N) is 1. The predicted molar refractivity (Wildman–Crippen MR) is 106 cm³/mol. The lowest BCUT2D eigenvalue weighted by atomic mass is 10.0. The van der Waals surface area contributed by atoms with E-state index >= 15 is 0 Å². The highest BCUT2D eigenvalue weighted by atomic mass is 35.5. The minimum absolute atomic E-state index is 0.132. The Kier molecular flexibility index (Phi) is 4.37. The number of fused-ring (bicyclic) bond motifs is 2. The van der Waals surface area contributed by atoms with E-state index in [-0.39, 0.29) is 22.6 Å². The molecular weight excluding hydrogens is 405 g/mol. The van der Waals surface area contributed by atoms with Crippen molar-refractivity contribution in [1.29, 1.82) is 0 Å². The SMILES string of the molecule is O=C(O)c1cc2c(c(C(=O)O)c1)Nc1cc(-c3ccc(Cl)c(Cl)c3)ccc1O2. The molecule has 0 bridgehead atoms. The molecule has 0 atom stereocenters. The van der Waals surface area contributed by atoms with Crippen LogP contribution in [0, 0.1) is 0 Å². The minimum atomic E-state index is -1.26. The van der Waals surface area contributed by atoms with Crippen molar-refractivity contribution in [2.45, 2.75) is 0 Å². The van der Waals surface area contributed by atoms with Crippen LogP contribution in [0.1, 0.15) is 20.7 Å². The van der Waals surface area contributed by atoms with E-state index in [9.17, 15) is 19.8 Å². The van der Waals surface area contributed by atoms with Crippen LogP contribution in [0.4, 0.5) is 11.4 Å². The van der Waals surface area contributed by atoms with Crippen LogP contribution >= 0.6 is 23.2 Å². The molecule has 8 heteroatoms. The molecule has 3 aromatic rings. The number of carboxylic acids is 2. The normalized spacial score (nSPS) is 11.6. The summed E-state index contributed by atoms with van der Waals surface area (Å²) in [5.41, 5.74) is 2.01. The zero-order valence-corrected chi connectivity index (χ0v) is 15.5. The Labute approximate surface area is 168 Å². The summed E-state index contributed by atoms with van der Waals surface area (Å²) in [4.78, 5) is 22.9.